The Bertz CT molecular complexity index is 349. The third kappa shape index (κ3) is 2.90. The zero-order valence-corrected chi connectivity index (χ0v) is 10.1. The molecule has 0 heterocycles. The van der Waals surface area contributed by atoms with E-state index in [0.29, 0.717) is 12.0 Å². The molecule has 0 radical (unpaired) electrons. The zero-order chi connectivity index (χ0) is 12.9. The molecule has 0 bridgehead atoms. The molecule has 0 aliphatic heterocycles. The number of benzene rings is 1. The average Bonchev–Trinajstić information content (AvgIpc) is 2.27. The van der Waals surface area contributed by atoms with E-state index >= 15 is 0 Å². The van der Waals surface area contributed by atoms with Crippen molar-refractivity contribution in [2.24, 2.45) is 0 Å². The minimum Gasteiger partial charge on any atom is -0.396 e. The van der Waals surface area contributed by atoms with Crippen LogP contribution in [0.1, 0.15) is 43.9 Å². The molecular formula is C12H18F3N. The standard InChI is InChI=1S/C10H12F3N.C2H6/c1-3-6-4-7(14)9(11)5(2)8(6)10(12)13;1-2/h4,10H,3,14H2,1-2H3;1-2H3. The van der Waals surface area contributed by atoms with Crippen molar-refractivity contribution >= 4 is 5.69 Å². The number of nitrogens with two attached hydrogens (primary N) is 1. The monoisotopic (exact) mass is 233 g/mol. The van der Waals surface area contributed by atoms with Crippen LogP contribution >= 0.6 is 0 Å². The molecule has 0 spiro atoms. The first-order valence-corrected chi connectivity index (χ1v) is 5.34. The molecule has 0 aromatic heterocycles. The molecule has 1 aromatic carbocycles. The summed E-state index contributed by atoms with van der Waals surface area (Å²) in [4.78, 5) is 0. The molecule has 0 fully saturated rings. The van der Waals surface area contributed by atoms with Crippen LogP contribution in [0, 0.1) is 12.7 Å². The van der Waals surface area contributed by atoms with E-state index in [4.69, 9.17) is 5.73 Å². The van der Waals surface area contributed by atoms with Gasteiger partial charge in [-0.25, -0.2) is 13.2 Å². The van der Waals surface area contributed by atoms with Crippen molar-refractivity contribution in [1.29, 1.82) is 0 Å². The Labute approximate surface area is 94.5 Å². The highest BCUT2D eigenvalue weighted by Gasteiger charge is 2.19. The molecular weight excluding hydrogens is 215 g/mol. The van der Waals surface area contributed by atoms with Crippen molar-refractivity contribution in [3.8, 4) is 0 Å². The number of aryl methyl sites for hydroxylation is 1. The van der Waals surface area contributed by atoms with Gasteiger partial charge >= 0.3 is 0 Å². The van der Waals surface area contributed by atoms with E-state index in [2.05, 4.69) is 0 Å². The topological polar surface area (TPSA) is 26.0 Å². The normalized spacial score (nSPS) is 10.0. The fourth-order valence-corrected chi connectivity index (χ4v) is 1.50. The van der Waals surface area contributed by atoms with Crippen LogP contribution in [0.2, 0.25) is 0 Å². The fourth-order valence-electron chi connectivity index (χ4n) is 1.50. The lowest BCUT2D eigenvalue weighted by atomic mass is 9.99. The summed E-state index contributed by atoms with van der Waals surface area (Å²) in [5, 5.41) is 0. The van der Waals surface area contributed by atoms with Gasteiger partial charge in [-0.1, -0.05) is 20.8 Å². The van der Waals surface area contributed by atoms with Gasteiger partial charge in [-0.2, -0.15) is 0 Å². The van der Waals surface area contributed by atoms with Crippen LogP contribution in [0.3, 0.4) is 0 Å². The number of hydrogen-bond donors (Lipinski definition) is 1. The van der Waals surface area contributed by atoms with E-state index < -0.39 is 12.2 Å². The Morgan fingerprint density at radius 1 is 1.31 bits per heavy atom. The first-order valence-electron chi connectivity index (χ1n) is 5.34. The number of nitrogen functional groups attached to an aromatic ring is 1. The number of anilines is 1. The second-order valence-corrected chi connectivity index (χ2v) is 3.13. The quantitative estimate of drug-likeness (QED) is 0.759. The van der Waals surface area contributed by atoms with Gasteiger partial charge in [-0.3, -0.25) is 0 Å². The largest absolute Gasteiger partial charge is 0.396 e. The molecule has 0 aliphatic carbocycles. The van der Waals surface area contributed by atoms with E-state index in [1.807, 2.05) is 13.8 Å². The summed E-state index contributed by atoms with van der Waals surface area (Å²) in [6.45, 7) is 7.06. The highest BCUT2D eigenvalue weighted by atomic mass is 19.3. The summed E-state index contributed by atoms with van der Waals surface area (Å²) >= 11 is 0. The third-order valence-electron chi connectivity index (χ3n) is 2.26. The molecule has 1 aromatic rings. The van der Waals surface area contributed by atoms with Crippen molar-refractivity contribution in [3.63, 3.8) is 0 Å². The number of halogens is 3. The molecule has 1 rings (SSSR count). The molecule has 0 aliphatic rings. The van der Waals surface area contributed by atoms with Gasteiger partial charge in [-0.15, -0.1) is 0 Å². The second-order valence-electron chi connectivity index (χ2n) is 3.13. The van der Waals surface area contributed by atoms with Gasteiger partial charge in [-0.05, 0) is 30.5 Å². The van der Waals surface area contributed by atoms with Gasteiger partial charge in [0.1, 0.15) is 5.82 Å². The van der Waals surface area contributed by atoms with E-state index in [0.717, 1.165) is 0 Å². The Kier molecular flexibility index (Phi) is 5.93. The maximum absolute atomic E-state index is 13.2. The predicted molar refractivity (Wildman–Crippen MR) is 61.2 cm³/mol. The summed E-state index contributed by atoms with van der Waals surface area (Å²) in [6, 6.07) is 1.28. The summed E-state index contributed by atoms with van der Waals surface area (Å²) in [7, 11) is 0. The minimum atomic E-state index is -2.65. The molecule has 92 valence electrons. The maximum Gasteiger partial charge on any atom is 0.264 e. The Morgan fingerprint density at radius 3 is 2.19 bits per heavy atom. The van der Waals surface area contributed by atoms with Gasteiger partial charge in [0.15, 0.2) is 0 Å². The zero-order valence-electron chi connectivity index (χ0n) is 10.1. The van der Waals surface area contributed by atoms with Crippen molar-refractivity contribution in [1.82, 2.24) is 0 Å². The van der Waals surface area contributed by atoms with Gasteiger partial charge in [0, 0.05) is 5.56 Å². The lowest BCUT2D eigenvalue weighted by Crippen LogP contribution is -2.04. The molecule has 0 saturated carbocycles. The molecule has 2 N–H and O–H groups in total. The summed E-state index contributed by atoms with van der Waals surface area (Å²) in [5.74, 6) is -0.738. The molecule has 0 saturated heterocycles. The van der Waals surface area contributed by atoms with Crippen LogP contribution in [0.5, 0.6) is 0 Å². The van der Waals surface area contributed by atoms with Crippen LogP contribution in [-0.4, -0.2) is 0 Å². The van der Waals surface area contributed by atoms with E-state index in [-0.39, 0.29) is 16.8 Å². The first kappa shape index (κ1) is 14.8. The molecule has 0 amide bonds. The van der Waals surface area contributed by atoms with Crippen LogP contribution in [-0.2, 0) is 6.42 Å². The van der Waals surface area contributed by atoms with Gasteiger partial charge in [0.05, 0.1) is 5.69 Å². The van der Waals surface area contributed by atoms with E-state index in [1.54, 1.807) is 6.92 Å². The van der Waals surface area contributed by atoms with Gasteiger partial charge in [0.25, 0.3) is 6.43 Å². The smallest absolute Gasteiger partial charge is 0.264 e. The highest BCUT2D eigenvalue weighted by molar-refractivity contribution is 5.51. The third-order valence-corrected chi connectivity index (χ3v) is 2.26. The Morgan fingerprint density at radius 2 is 1.81 bits per heavy atom. The van der Waals surface area contributed by atoms with E-state index in [9.17, 15) is 13.2 Å². The lowest BCUT2D eigenvalue weighted by Gasteiger charge is -2.13. The van der Waals surface area contributed by atoms with Gasteiger partial charge in [0.2, 0.25) is 0 Å². The van der Waals surface area contributed by atoms with Crippen molar-refractivity contribution in [3.05, 3.63) is 28.6 Å². The minimum absolute atomic E-state index is 0.0446. The van der Waals surface area contributed by atoms with Crippen LogP contribution in [0.25, 0.3) is 0 Å². The van der Waals surface area contributed by atoms with Crippen molar-refractivity contribution in [2.45, 2.75) is 40.5 Å². The van der Waals surface area contributed by atoms with Crippen molar-refractivity contribution < 1.29 is 13.2 Å². The van der Waals surface area contributed by atoms with Crippen molar-refractivity contribution in [2.75, 3.05) is 5.73 Å². The predicted octanol–water partition coefficient (Wildman–Crippen LogP) is 4.24. The summed E-state index contributed by atoms with van der Waals surface area (Å²) in [5.41, 5.74) is 5.43. The Balaban J connectivity index is 0.00000106. The van der Waals surface area contributed by atoms with Crippen LogP contribution < -0.4 is 5.73 Å². The average molecular weight is 233 g/mol. The first-order chi connectivity index (χ1) is 7.49. The highest BCUT2D eigenvalue weighted by Crippen LogP contribution is 2.31. The SMILES string of the molecule is CC.CCc1cc(N)c(F)c(C)c1C(F)F. The summed E-state index contributed by atoms with van der Waals surface area (Å²) < 4.78 is 38.4. The van der Waals surface area contributed by atoms with Crippen LogP contribution in [0.15, 0.2) is 6.07 Å². The fraction of sp³-hybridized carbons (Fsp3) is 0.500. The Hall–Kier alpha value is -1.19. The van der Waals surface area contributed by atoms with Gasteiger partial charge < -0.3 is 5.73 Å². The maximum atomic E-state index is 13.2. The molecule has 16 heavy (non-hydrogen) atoms. The molecule has 4 heteroatoms. The number of alkyl halides is 2. The summed E-state index contributed by atoms with van der Waals surface area (Å²) in [6.07, 6.45) is -2.23. The number of rotatable bonds is 2. The van der Waals surface area contributed by atoms with E-state index in [1.165, 1.54) is 13.0 Å². The van der Waals surface area contributed by atoms with Crippen LogP contribution in [0.4, 0.5) is 18.9 Å². The lowest BCUT2D eigenvalue weighted by molar-refractivity contribution is 0.149. The molecule has 0 atom stereocenters. The molecule has 0 unspecified atom stereocenters. The molecule has 1 nitrogen and oxygen atoms in total. The number of hydrogen-bond acceptors (Lipinski definition) is 1. The second kappa shape index (κ2) is 6.40.